The lowest BCUT2D eigenvalue weighted by Crippen LogP contribution is -2.51. The first kappa shape index (κ1) is 19.5. The Morgan fingerprint density at radius 1 is 0.963 bits per heavy atom. The second kappa shape index (κ2) is 9.08. The van der Waals surface area contributed by atoms with Crippen molar-refractivity contribution in [2.75, 3.05) is 60.0 Å². The maximum Gasteiger partial charge on any atom is 0.260 e. The van der Waals surface area contributed by atoms with Gasteiger partial charge in [0.1, 0.15) is 0 Å². The van der Waals surface area contributed by atoms with Crippen LogP contribution >= 0.6 is 0 Å². The monoisotopic (exact) mass is 375 g/mol. The fourth-order valence-electron chi connectivity index (χ4n) is 3.63. The second-order valence-corrected chi connectivity index (χ2v) is 7.22. The van der Waals surface area contributed by atoms with E-state index in [4.69, 9.17) is 9.47 Å². The molecule has 2 aliphatic heterocycles. The van der Waals surface area contributed by atoms with Crippen LogP contribution in [0.1, 0.15) is 12.8 Å². The van der Waals surface area contributed by atoms with Crippen LogP contribution in [0.25, 0.3) is 0 Å². The van der Waals surface area contributed by atoms with Gasteiger partial charge in [-0.15, -0.1) is 0 Å². The Morgan fingerprint density at radius 3 is 2.22 bits per heavy atom. The Kier molecular flexibility index (Phi) is 6.55. The van der Waals surface area contributed by atoms with Crippen molar-refractivity contribution in [3.05, 3.63) is 24.3 Å². The van der Waals surface area contributed by atoms with Gasteiger partial charge < -0.3 is 24.2 Å². The van der Waals surface area contributed by atoms with Crippen LogP contribution in [0.15, 0.2) is 24.3 Å². The van der Waals surface area contributed by atoms with Gasteiger partial charge in [0.2, 0.25) is 5.91 Å². The summed E-state index contributed by atoms with van der Waals surface area (Å²) in [4.78, 5) is 31.1. The van der Waals surface area contributed by atoms with Gasteiger partial charge in [-0.3, -0.25) is 9.59 Å². The summed E-state index contributed by atoms with van der Waals surface area (Å²) in [5.74, 6) is 1.41. The van der Waals surface area contributed by atoms with E-state index in [2.05, 4.69) is 11.9 Å². The van der Waals surface area contributed by atoms with Crippen LogP contribution in [0, 0.1) is 5.92 Å². The van der Waals surface area contributed by atoms with Gasteiger partial charge in [0.15, 0.2) is 18.1 Å². The molecule has 0 N–H and O–H groups in total. The summed E-state index contributed by atoms with van der Waals surface area (Å²) >= 11 is 0. The van der Waals surface area contributed by atoms with Crippen molar-refractivity contribution in [3.8, 4) is 11.5 Å². The Labute approximate surface area is 160 Å². The number of amides is 2. The van der Waals surface area contributed by atoms with Gasteiger partial charge in [-0.05, 0) is 32.0 Å². The third kappa shape index (κ3) is 4.91. The van der Waals surface area contributed by atoms with E-state index in [0.717, 1.165) is 39.0 Å². The number of carbonyl (C=O) groups is 2. The number of hydrogen-bond donors (Lipinski definition) is 0. The fraction of sp³-hybridized carbons (Fsp3) is 0.600. The quantitative estimate of drug-likeness (QED) is 0.771. The molecule has 0 unspecified atom stereocenters. The van der Waals surface area contributed by atoms with Crippen LogP contribution in [0.5, 0.6) is 11.5 Å². The maximum absolute atomic E-state index is 12.7. The molecule has 0 bridgehead atoms. The number of carbonyl (C=O) groups excluding carboxylic acids is 2. The number of piperidine rings is 1. The summed E-state index contributed by atoms with van der Waals surface area (Å²) < 4.78 is 10.9. The summed E-state index contributed by atoms with van der Waals surface area (Å²) in [5, 5.41) is 0. The van der Waals surface area contributed by atoms with Crippen LogP contribution in [0.2, 0.25) is 0 Å². The van der Waals surface area contributed by atoms with Crippen molar-refractivity contribution in [3.63, 3.8) is 0 Å². The largest absolute Gasteiger partial charge is 0.493 e. The molecule has 0 saturated carbocycles. The number of likely N-dealkylation sites (N-methyl/N-ethyl adjacent to an activating group) is 1. The molecule has 0 spiro atoms. The predicted octanol–water partition coefficient (Wildman–Crippen LogP) is 1.09. The molecule has 2 aliphatic rings. The van der Waals surface area contributed by atoms with Gasteiger partial charge in [-0.1, -0.05) is 12.1 Å². The van der Waals surface area contributed by atoms with Crippen LogP contribution in [-0.4, -0.2) is 86.5 Å². The third-order valence-corrected chi connectivity index (χ3v) is 5.43. The minimum atomic E-state index is -0.0496. The average molecular weight is 375 g/mol. The van der Waals surface area contributed by atoms with E-state index in [0.29, 0.717) is 24.6 Å². The molecule has 7 heteroatoms. The van der Waals surface area contributed by atoms with Gasteiger partial charge >= 0.3 is 0 Å². The van der Waals surface area contributed by atoms with E-state index in [9.17, 15) is 9.59 Å². The molecular formula is C20H29N3O4. The Morgan fingerprint density at radius 2 is 1.59 bits per heavy atom. The Balaban J connectivity index is 1.44. The lowest BCUT2D eigenvalue weighted by Gasteiger charge is -2.37. The van der Waals surface area contributed by atoms with Crippen LogP contribution in [0.4, 0.5) is 0 Å². The molecule has 2 heterocycles. The smallest absolute Gasteiger partial charge is 0.260 e. The van der Waals surface area contributed by atoms with Crippen LogP contribution < -0.4 is 9.47 Å². The lowest BCUT2D eigenvalue weighted by atomic mass is 9.95. The summed E-state index contributed by atoms with van der Waals surface area (Å²) in [6.45, 7) is 4.68. The Hall–Kier alpha value is -2.28. The zero-order valence-electron chi connectivity index (χ0n) is 16.2. The molecule has 0 aliphatic carbocycles. The topological polar surface area (TPSA) is 62.3 Å². The van der Waals surface area contributed by atoms with Crippen molar-refractivity contribution < 1.29 is 19.1 Å². The number of rotatable bonds is 5. The fourth-order valence-corrected chi connectivity index (χ4v) is 3.63. The molecule has 0 radical (unpaired) electrons. The van der Waals surface area contributed by atoms with Crippen molar-refractivity contribution >= 4 is 11.8 Å². The van der Waals surface area contributed by atoms with E-state index >= 15 is 0 Å². The number of nitrogens with zero attached hydrogens (tertiary/aromatic N) is 3. The number of hydrogen-bond acceptors (Lipinski definition) is 5. The van der Waals surface area contributed by atoms with Crippen molar-refractivity contribution in [2.24, 2.45) is 5.92 Å². The number of methoxy groups -OCH3 is 1. The molecule has 2 amide bonds. The van der Waals surface area contributed by atoms with E-state index in [1.54, 1.807) is 24.1 Å². The normalized spacial score (nSPS) is 19.0. The van der Waals surface area contributed by atoms with Gasteiger partial charge in [-0.2, -0.15) is 0 Å². The molecule has 1 aromatic rings. The minimum Gasteiger partial charge on any atom is -0.493 e. The predicted molar refractivity (Wildman–Crippen MR) is 102 cm³/mol. The molecule has 27 heavy (non-hydrogen) atoms. The second-order valence-electron chi connectivity index (χ2n) is 7.22. The highest BCUT2D eigenvalue weighted by Gasteiger charge is 2.31. The molecule has 2 saturated heterocycles. The molecular weight excluding hydrogens is 346 g/mol. The van der Waals surface area contributed by atoms with Gasteiger partial charge in [0, 0.05) is 45.2 Å². The van der Waals surface area contributed by atoms with Gasteiger partial charge in [0.25, 0.3) is 5.91 Å². The first-order valence-electron chi connectivity index (χ1n) is 9.59. The highest BCUT2D eigenvalue weighted by atomic mass is 16.5. The van der Waals surface area contributed by atoms with Crippen molar-refractivity contribution in [1.82, 2.24) is 14.7 Å². The molecule has 1 aromatic carbocycles. The van der Waals surface area contributed by atoms with E-state index in [1.165, 1.54) is 0 Å². The summed E-state index contributed by atoms with van der Waals surface area (Å²) in [6.07, 6.45) is 1.46. The molecule has 0 aromatic heterocycles. The average Bonchev–Trinajstić information content (AvgIpc) is 2.72. The van der Waals surface area contributed by atoms with Gasteiger partial charge in [0.05, 0.1) is 7.11 Å². The molecule has 7 nitrogen and oxygen atoms in total. The maximum atomic E-state index is 12.7. The zero-order chi connectivity index (χ0) is 19.2. The summed E-state index contributed by atoms with van der Waals surface area (Å²) in [7, 11) is 3.66. The van der Waals surface area contributed by atoms with Crippen molar-refractivity contribution in [2.45, 2.75) is 12.8 Å². The number of piperazine rings is 1. The first-order chi connectivity index (χ1) is 13.1. The van der Waals surface area contributed by atoms with E-state index in [1.807, 2.05) is 17.0 Å². The van der Waals surface area contributed by atoms with Crippen LogP contribution in [0.3, 0.4) is 0 Å². The number of para-hydroxylation sites is 2. The molecule has 0 atom stereocenters. The molecule has 2 fully saturated rings. The molecule has 3 rings (SSSR count). The highest BCUT2D eigenvalue weighted by molar-refractivity contribution is 5.81. The number of likely N-dealkylation sites (tertiary alicyclic amines) is 1. The Bertz CT molecular complexity index is 650. The standard InChI is InChI=1S/C20H29N3O4/c1-21-11-13-23(14-12-21)20(25)16-7-9-22(10-8-16)19(24)15-27-18-6-4-3-5-17(18)26-2/h3-6,16H,7-15H2,1-2H3. The minimum absolute atomic E-state index is 0.0164. The lowest BCUT2D eigenvalue weighted by molar-refractivity contribution is -0.142. The number of benzene rings is 1. The van der Waals surface area contributed by atoms with Crippen molar-refractivity contribution in [1.29, 1.82) is 0 Å². The zero-order valence-corrected chi connectivity index (χ0v) is 16.2. The third-order valence-electron chi connectivity index (χ3n) is 5.43. The van der Waals surface area contributed by atoms with E-state index < -0.39 is 0 Å². The summed E-state index contributed by atoms with van der Waals surface area (Å²) in [6, 6.07) is 7.29. The first-order valence-corrected chi connectivity index (χ1v) is 9.59. The number of ether oxygens (including phenoxy) is 2. The highest BCUT2D eigenvalue weighted by Crippen LogP contribution is 2.26. The van der Waals surface area contributed by atoms with Crippen LogP contribution in [-0.2, 0) is 9.59 Å². The SMILES string of the molecule is COc1ccccc1OCC(=O)N1CCC(C(=O)N2CCN(C)CC2)CC1. The van der Waals surface area contributed by atoms with Gasteiger partial charge in [-0.25, -0.2) is 0 Å². The van der Waals surface area contributed by atoms with E-state index in [-0.39, 0.29) is 24.3 Å². The molecule has 148 valence electrons. The summed E-state index contributed by atoms with van der Waals surface area (Å²) in [5.41, 5.74) is 0.